The second-order valence-electron chi connectivity index (χ2n) is 5.31. The van der Waals surface area contributed by atoms with Gasteiger partial charge in [-0.25, -0.2) is 13.1 Å². The van der Waals surface area contributed by atoms with Crippen LogP contribution in [0.4, 0.5) is 11.4 Å². The highest BCUT2D eigenvalue weighted by atomic mass is 32.2. The molecule has 0 amide bonds. The summed E-state index contributed by atoms with van der Waals surface area (Å²) in [6, 6.07) is 4.01. The lowest BCUT2D eigenvalue weighted by molar-refractivity contribution is -0.387. The average Bonchev–Trinajstić information content (AvgIpc) is 2.37. The van der Waals surface area contributed by atoms with Gasteiger partial charge >= 0.3 is 0 Å². The number of nitrogens with zero attached hydrogens (tertiary/aromatic N) is 1. The number of anilines is 1. The summed E-state index contributed by atoms with van der Waals surface area (Å²) in [5.74, 6) is 0. The number of hydrogen-bond donors (Lipinski definition) is 2. The number of rotatable bonds is 7. The van der Waals surface area contributed by atoms with Crippen molar-refractivity contribution in [3.05, 3.63) is 28.3 Å². The Morgan fingerprint density at radius 1 is 1.29 bits per heavy atom. The largest absolute Gasteiger partial charge is 0.385 e. The molecule has 118 valence electrons. The maximum Gasteiger partial charge on any atom is 0.291 e. The van der Waals surface area contributed by atoms with Crippen LogP contribution in [-0.4, -0.2) is 25.4 Å². The van der Waals surface area contributed by atoms with Crippen LogP contribution < -0.4 is 10.0 Å². The summed E-state index contributed by atoms with van der Waals surface area (Å²) in [6.07, 6.45) is 0.565. The van der Waals surface area contributed by atoms with E-state index in [0.29, 0.717) is 18.7 Å². The highest BCUT2D eigenvalue weighted by molar-refractivity contribution is 7.89. The van der Waals surface area contributed by atoms with Crippen LogP contribution >= 0.6 is 0 Å². The highest BCUT2D eigenvalue weighted by Gasteiger charge is 2.30. The van der Waals surface area contributed by atoms with E-state index in [1.165, 1.54) is 18.2 Å². The molecule has 0 unspecified atom stereocenters. The van der Waals surface area contributed by atoms with Gasteiger partial charge in [0.25, 0.3) is 5.69 Å². The molecule has 2 N–H and O–H groups in total. The Bertz CT molecular complexity index is 626. The fourth-order valence-corrected chi connectivity index (χ4v) is 3.33. The van der Waals surface area contributed by atoms with Gasteiger partial charge in [0.15, 0.2) is 4.90 Å². The number of nitrogens with one attached hydrogen (secondary N) is 2. The van der Waals surface area contributed by atoms with E-state index < -0.39 is 26.2 Å². The van der Waals surface area contributed by atoms with Crippen molar-refractivity contribution in [1.82, 2.24) is 4.72 Å². The molecule has 7 nitrogen and oxygen atoms in total. The number of nitro groups is 1. The van der Waals surface area contributed by atoms with E-state index in [9.17, 15) is 18.5 Å². The summed E-state index contributed by atoms with van der Waals surface area (Å²) in [5.41, 5.74) is -0.599. The van der Waals surface area contributed by atoms with Crippen LogP contribution in [0.2, 0.25) is 0 Å². The van der Waals surface area contributed by atoms with Crippen LogP contribution in [-0.2, 0) is 10.0 Å². The van der Waals surface area contributed by atoms with Crippen LogP contribution in [0.3, 0.4) is 0 Å². The number of nitro benzene ring substituents is 1. The number of hydrogen-bond acceptors (Lipinski definition) is 5. The van der Waals surface area contributed by atoms with Crippen molar-refractivity contribution in [3.63, 3.8) is 0 Å². The third kappa shape index (κ3) is 4.40. The molecule has 0 fully saturated rings. The van der Waals surface area contributed by atoms with Crippen molar-refractivity contribution < 1.29 is 13.3 Å². The Kier molecular flexibility index (Phi) is 5.30. The van der Waals surface area contributed by atoms with Gasteiger partial charge in [-0.1, -0.05) is 6.92 Å². The van der Waals surface area contributed by atoms with E-state index in [1.54, 1.807) is 13.8 Å². The van der Waals surface area contributed by atoms with Crippen molar-refractivity contribution in [1.29, 1.82) is 0 Å². The van der Waals surface area contributed by atoms with Crippen LogP contribution in [0.15, 0.2) is 23.1 Å². The summed E-state index contributed by atoms with van der Waals surface area (Å²) >= 11 is 0. The van der Waals surface area contributed by atoms with Crippen molar-refractivity contribution in [2.45, 2.75) is 44.6 Å². The second kappa shape index (κ2) is 6.40. The normalized spacial score (nSPS) is 12.2. The molecule has 0 radical (unpaired) electrons. The minimum Gasteiger partial charge on any atom is -0.385 e. The quantitative estimate of drug-likeness (QED) is 0.594. The SMILES string of the molecule is CCNc1ccc(S(=O)(=O)NC(C)(C)CC)c([N+](=O)[O-])c1. The zero-order valence-electron chi connectivity index (χ0n) is 12.6. The maximum absolute atomic E-state index is 12.4. The minimum absolute atomic E-state index is 0.323. The molecule has 0 aliphatic rings. The van der Waals surface area contributed by atoms with Crippen LogP contribution in [0, 0.1) is 10.1 Å². The van der Waals surface area contributed by atoms with Gasteiger partial charge in [-0.3, -0.25) is 10.1 Å². The number of sulfonamides is 1. The first-order chi connectivity index (χ1) is 9.63. The zero-order chi connectivity index (χ0) is 16.3. The molecule has 0 saturated heterocycles. The topological polar surface area (TPSA) is 101 Å². The molecule has 0 atom stereocenters. The molecule has 0 aliphatic carbocycles. The molecule has 0 saturated carbocycles. The molecular weight excluding hydrogens is 294 g/mol. The monoisotopic (exact) mass is 315 g/mol. The summed E-state index contributed by atoms with van der Waals surface area (Å²) in [4.78, 5) is 10.1. The second-order valence-corrected chi connectivity index (χ2v) is 6.96. The van der Waals surface area contributed by atoms with E-state index in [0.717, 1.165) is 0 Å². The first-order valence-electron chi connectivity index (χ1n) is 6.69. The molecule has 0 spiro atoms. The van der Waals surface area contributed by atoms with Crippen molar-refractivity contribution in [3.8, 4) is 0 Å². The minimum atomic E-state index is -3.96. The first-order valence-corrected chi connectivity index (χ1v) is 8.17. The molecule has 1 rings (SSSR count). The van der Waals surface area contributed by atoms with Gasteiger partial charge in [0.1, 0.15) is 0 Å². The van der Waals surface area contributed by atoms with E-state index in [1.807, 2.05) is 13.8 Å². The third-order valence-electron chi connectivity index (χ3n) is 3.12. The van der Waals surface area contributed by atoms with Crippen molar-refractivity contribution in [2.75, 3.05) is 11.9 Å². The Morgan fingerprint density at radius 3 is 2.38 bits per heavy atom. The lowest BCUT2D eigenvalue weighted by Crippen LogP contribution is -2.42. The molecule has 0 aliphatic heterocycles. The summed E-state index contributed by atoms with van der Waals surface area (Å²) in [6.45, 7) is 7.73. The molecule has 0 bridgehead atoms. The maximum atomic E-state index is 12.4. The molecule has 1 aromatic rings. The average molecular weight is 315 g/mol. The van der Waals surface area contributed by atoms with Crippen molar-refractivity contribution >= 4 is 21.4 Å². The fraction of sp³-hybridized carbons (Fsp3) is 0.538. The molecule has 1 aromatic carbocycles. The van der Waals surface area contributed by atoms with E-state index in [-0.39, 0.29) is 4.90 Å². The van der Waals surface area contributed by atoms with Crippen LogP contribution in [0.5, 0.6) is 0 Å². The molecular formula is C13H21N3O4S. The van der Waals surface area contributed by atoms with Crippen LogP contribution in [0.1, 0.15) is 34.1 Å². The lowest BCUT2D eigenvalue weighted by Gasteiger charge is -2.24. The van der Waals surface area contributed by atoms with Gasteiger partial charge in [0.05, 0.1) is 4.92 Å². The predicted octanol–water partition coefficient (Wildman–Crippen LogP) is 2.49. The molecule has 0 aromatic heterocycles. The smallest absolute Gasteiger partial charge is 0.291 e. The molecule has 0 heterocycles. The zero-order valence-corrected chi connectivity index (χ0v) is 13.5. The Balaban J connectivity index is 3.32. The Hall–Kier alpha value is -1.67. The standard InChI is InChI=1S/C13H21N3O4S/c1-5-13(3,4)15-21(19,20)12-8-7-10(14-6-2)9-11(12)16(17)18/h7-9,14-15H,5-6H2,1-4H3. The van der Waals surface area contributed by atoms with E-state index in [2.05, 4.69) is 10.0 Å². The predicted molar refractivity (Wildman–Crippen MR) is 82.0 cm³/mol. The summed E-state index contributed by atoms with van der Waals surface area (Å²) in [5, 5.41) is 14.1. The number of benzene rings is 1. The van der Waals surface area contributed by atoms with Gasteiger partial charge in [-0.05, 0) is 39.3 Å². The van der Waals surface area contributed by atoms with Gasteiger partial charge in [0, 0.05) is 23.8 Å². The Labute approximate surface area is 124 Å². The fourth-order valence-electron chi connectivity index (χ4n) is 1.69. The van der Waals surface area contributed by atoms with Gasteiger partial charge in [-0.15, -0.1) is 0 Å². The van der Waals surface area contributed by atoms with Gasteiger partial charge in [-0.2, -0.15) is 0 Å². The lowest BCUT2D eigenvalue weighted by atomic mass is 10.0. The van der Waals surface area contributed by atoms with Crippen LogP contribution in [0.25, 0.3) is 0 Å². The van der Waals surface area contributed by atoms with Crippen molar-refractivity contribution in [2.24, 2.45) is 0 Å². The third-order valence-corrected chi connectivity index (χ3v) is 4.87. The Morgan fingerprint density at radius 2 is 1.90 bits per heavy atom. The molecule has 21 heavy (non-hydrogen) atoms. The van der Waals surface area contributed by atoms with Gasteiger partial charge < -0.3 is 5.32 Å². The highest BCUT2D eigenvalue weighted by Crippen LogP contribution is 2.28. The summed E-state index contributed by atoms with van der Waals surface area (Å²) in [7, 11) is -3.96. The van der Waals surface area contributed by atoms with E-state index in [4.69, 9.17) is 0 Å². The first kappa shape index (κ1) is 17.4. The van der Waals surface area contributed by atoms with E-state index >= 15 is 0 Å². The molecule has 8 heteroatoms. The van der Waals surface area contributed by atoms with Gasteiger partial charge in [0.2, 0.25) is 10.0 Å². The summed E-state index contributed by atoms with van der Waals surface area (Å²) < 4.78 is 27.2.